The third-order valence-electron chi connectivity index (χ3n) is 4.47. The molecule has 0 saturated carbocycles. The van der Waals surface area contributed by atoms with Crippen molar-refractivity contribution in [1.29, 1.82) is 0 Å². The molecule has 0 aliphatic heterocycles. The van der Waals surface area contributed by atoms with Crippen molar-refractivity contribution in [3.63, 3.8) is 0 Å². The summed E-state index contributed by atoms with van der Waals surface area (Å²) < 4.78 is 0. The molecular weight excluding hydrogens is 294 g/mol. The largest absolute Gasteiger partial charge is 0.260 e. The van der Waals surface area contributed by atoms with E-state index in [1.54, 1.807) is 0 Å². The van der Waals surface area contributed by atoms with Gasteiger partial charge in [-0.15, -0.1) is 0 Å². The number of nitrogens with one attached hydrogen (secondary N) is 2. The van der Waals surface area contributed by atoms with Crippen molar-refractivity contribution in [1.82, 2.24) is 15.8 Å². The second-order valence-corrected chi connectivity index (χ2v) is 6.54. The molecule has 1 atom stereocenters. The van der Waals surface area contributed by atoms with E-state index in [0.29, 0.717) is 12.5 Å². The number of allylic oxidation sites excluding steroid dienone is 2. The van der Waals surface area contributed by atoms with E-state index in [4.69, 9.17) is 0 Å². The van der Waals surface area contributed by atoms with Gasteiger partial charge in [-0.05, 0) is 35.6 Å². The molecule has 1 aliphatic rings. The van der Waals surface area contributed by atoms with E-state index in [0.717, 1.165) is 12.1 Å². The average molecular weight is 319 g/mol. The summed E-state index contributed by atoms with van der Waals surface area (Å²) in [7, 11) is 0. The number of hydrogen-bond acceptors (Lipinski definition) is 3. The highest BCUT2D eigenvalue weighted by Crippen LogP contribution is 2.30. The normalized spacial score (nSPS) is 19.8. The van der Waals surface area contributed by atoms with Crippen LogP contribution in [0.4, 0.5) is 0 Å². The Morgan fingerprint density at radius 3 is 2.54 bits per heavy atom. The van der Waals surface area contributed by atoms with Crippen LogP contribution in [0.2, 0.25) is 0 Å². The van der Waals surface area contributed by atoms with Crippen LogP contribution in [0.1, 0.15) is 43.0 Å². The van der Waals surface area contributed by atoms with E-state index in [1.807, 2.05) is 24.4 Å². The van der Waals surface area contributed by atoms with Gasteiger partial charge in [0.25, 0.3) is 0 Å². The molecular formula is C21H25N3. The molecule has 0 saturated heterocycles. The third kappa shape index (κ3) is 3.81. The van der Waals surface area contributed by atoms with Gasteiger partial charge in [-0.2, -0.15) is 0 Å². The topological polar surface area (TPSA) is 37.0 Å². The molecule has 1 heterocycles. The van der Waals surface area contributed by atoms with Crippen molar-refractivity contribution in [2.75, 3.05) is 0 Å². The van der Waals surface area contributed by atoms with Crippen LogP contribution >= 0.6 is 0 Å². The van der Waals surface area contributed by atoms with Crippen molar-refractivity contribution < 1.29 is 0 Å². The lowest BCUT2D eigenvalue weighted by molar-refractivity contribution is 0.346. The molecule has 0 bridgehead atoms. The molecule has 0 amide bonds. The Hall–Kier alpha value is -2.23. The zero-order chi connectivity index (χ0) is 16.8. The van der Waals surface area contributed by atoms with Gasteiger partial charge in [0.05, 0.1) is 17.8 Å². The lowest BCUT2D eigenvalue weighted by atomic mass is 9.83. The Balaban J connectivity index is 1.75. The third-order valence-corrected chi connectivity index (χ3v) is 4.47. The molecule has 0 radical (unpaired) electrons. The number of hydrogen-bond donors (Lipinski definition) is 2. The Labute approximate surface area is 144 Å². The summed E-state index contributed by atoms with van der Waals surface area (Å²) in [5.74, 6) is 0.548. The van der Waals surface area contributed by atoms with Crippen LogP contribution in [-0.2, 0) is 12.1 Å². The van der Waals surface area contributed by atoms with Crippen LogP contribution in [-0.4, -0.2) is 4.98 Å². The first-order valence-corrected chi connectivity index (χ1v) is 8.54. The maximum absolute atomic E-state index is 4.35. The highest BCUT2D eigenvalue weighted by Gasteiger charge is 2.28. The number of rotatable bonds is 6. The number of benzene rings is 1. The van der Waals surface area contributed by atoms with E-state index < -0.39 is 0 Å². The van der Waals surface area contributed by atoms with Crippen molar-refractivity contribution in [3.8, 4) is 0 Å². The molecule has 124 valence electrons. The van der Waals surface area contributed by atoms with Gasteiger partial charge in [0.2, 0.25) is 0 Å². The van der Waals surface area contributed by atoms with Gasteiger partial charge < -0.3 is 0 Å². The summed E-state index contributed by atoms with van der Waals surface area (Å²) in [6, 6.07) is 14.9. The van der Waals surface area contributed by atoms with Gasteiger partial charge in [0.15, 0.2) is 0 Å². The minimum absolute atomic E-state index is 0.223. The zero-order valence-corrected chi connectivity index (χ0v) is 14.4. The van der Waals surface area contributed by atoms with Crippen LogP contribution in [0.5, 0.6) is 0 Å². The Bertz CT molecular complexity index is 702. The summed E-state index contributed by atoms with van der Waals surface area (Å²) in [5.41, 5.74) is 10.3. The second-order valence-electron chi connectivity index (χ2n) is 6.54. The van der Waals surface area contributed by atoms with E-state index in [9.17, 15) is 0 Å². The predicted molar refractivity (Wildman–Crippen MR) is 99.3 cm³/mol. The monoisotopic (exact) mass is 319 g/mol. The summed E-state index contributed by atoms with van der Waals surface area (Å²) in [5, 5.41) is 0. The van der Waals surface area contributed by atoms with Gasteiger partial charge in [-0.3, -0.25) is 10.4 Å². The molecule has 1 aromatic carbocycles. The lowest BCUT2D eigenvalue weighted by Crippen LogP contribution is -2.48. The minimum Gasteiger partial charge on any atom is -0.260 e. The molecule has 24 heavy (non-hydrogen) atoms. The SMILES string of the molecule is CC(C)c1ccc(C2(NNCc3ccccn3)C=CC=CC2)cc1. The first-order chi connectivity index (χ1) is 11.7. The fourth-order valence-electron chi connectivity index (χ4n) is 2.96. The number of hydrazine groups is 1. The van der Waals surface area contributed by atoms with Gasteiger partial charge in [-0.1, -0.05) is 68.5 Å². The summed E-state index contributed by atoms with van der Waals surface area (Å²) in [6.45, 7) is 5.13. The number of nitrogens with zero attached hydrogens (tertiary/aromatic N) is 1. The average Bonchev–Trinajstić information content (AvgIpc) is 2.63. The second kappa shape index (κ2) is 7.56. The van der Waals surface area contributed by atoms with Crippen LogP contribution in [0.25, 0.3) is 0 Å². The first kappa shape index (κ1) is 16.6. The summed E-state index contributed by atoms with van der Waals surface area (Å²) >= 11 is 0. The first-order valence-electron chi connectivity index (χ1n) is 8.54. The van der Waals surface area contributed by atoms with E-state index >= 15 is 0 Å². The van der Waals surface area contributed by atoms with Gasteiger partial charge in [0.1, 0.15) is 0 Å². The lowest BCUT2D eigenvalue weighted by Gasteiger charge is -2.33. The minimum atomic E-state index is -0.223. The molecule has 0 fully saturated rings. The van der Waals surface area contributed by atoms with Gasteiger partial charge in [0, 0.05) is 6.20 Å². The zero-order valence-electron chi connectivity index (χ0n) is 14.4. The van der Waals surface area contributed by atoms with Crippen molar-refractivity contribution in [2.24, 2.45) is 0 Å². The standard InChI is InChI=1S/C21H25N3/c1-17(2)18-9-11-19(12-10-18)21(13-5-3-6-14-21)24-23-16-20-8-4-7-15-22-20/h3-13,15,17,23-24H,14,16H2,1-2H3. The Morgan fingerprint density at radius 1 is 1.08 bits per heavy atom. The molecule has 3 heteroatoms. The maximum atomic E-state index is 4.35. The Kier molecular flexibility index (Phi) is 5.24. The van der Waals surface area contributed by atoms with E-state index in [2.05, 4.69) is 78.3 Å². The summed E-state index contributed by atoms with van der Waals surface area (Å²) in [4.78, 5) is 4.35. The van der Waals surface area contributed by atoms with Crippen molar-refractivity contribution >= 4 is 0 Å². The van der Waals surface area contributed by atoms with E-state index in [-0.39, 0.29) is 5.54 Å². The van der Waals surface area contributed by atoms with Gasteiger partial charge in [-0.25, -0.2) is 5.43 Å². The number of aromatic nitrogens is 1. The fraction of sp³-hybridized carbons (Fsp3) is 0.286. The molecule has 0 spiro atoms. The quantitative estimate of drug-likeness (QED) is 0.783. The smallest absolute Gasteiger partial charge is 0.0789 e. The van der Waals surface area contributed by atoms with Crippen LogP contribution in [0, 0.1) is 0 Å². The fourth-order valence-corrected chi connectivity index (χ4v) is 2.96. The molecule has 1 unspecified atom stereocenters. The Morgan fingerprint density at radius 2 is 1.92 bits per heavy atom. The predicted octanol–water partition coefficient (Wildman–Crippen LogP) is 4.21. The molecule has 1 aliphatic carbocycles. The number of pyridine rings is 1. The van der Waals surface area contributed by atoms with Crippen molar-refractivity contribution in [2.45, 2.75) is 38.3 Å². The molecule has 3 nitrogen and oxygen atoms in total. The maximum Gasteiger partial charge on any atom is 0.0789 e. The van der Waals surface area contributed by atoms with Crippen LogP contribution < -0.4 is 10.9 Å². The summed E-state index contributed by atoms with van der Waals surface area (Å²) in [6.07, 6.45) is 11.4. The van der Waals surface area contributed by atoms with Crippen LogP contribution in [0.3, 0.4) is 0 Å². The van der Waals surface area contributed by atoms with Crippen molar-refractivity contribution in [3.05, 3.63) is 89.8 Å². The molecule has 2 N–H and O–H groups in total. The molecule has 1 aromatic heterocycles. The molecule has 2 aromatic rings. The van der Waals surface area contributed by atoms with Crippen LogP contribution in [0.15, 0.2) is 73.0 Å². The van der Waals surface area contributed by atoms with E-state index in [1.165, 1.54) is 11.1 Å². The molecule has 3 rings (SSSR count). The highest BCUT2D eigenvalue weighted by molar-refractivity contribution is 5.37. The highest BCUT2D eigenvalue weighted by atomic mass is 15.4. The van der Waals surface area contributed by atoms with Gasteiger partial charge >= 0.3 is 0 Å².